The Morgan fingerprint density at radius 3 is 1.22 bits per heavy atom. The molecule has 7 rings (SSSR count). The number of hydrogen-bond acceptors (Lipinski definition) is 2. The largest absolute Gasteiger partial charge is 0.494 e. The topological polar surface area (TPSA) is 18.5 Å². The molecule has 0 atom stereocenters. The van der Waals surface area contributed by atoms with Gasteiger partial charge in [-0.3, -0.25) is 0 Å². The molecule has 0 N–H and O–H groups in total. The molecule has 7 aromatic rings. The van der Waals surface area contributed by atoms with Crippen LogP contribution in [0.2, 0.25) is 0 Å². The van der Waals surface area contributed by atoms with E-state index >= 15 is 0 Å². The van der Waals surface area contributed by atoms with Gasteiger partial charge in [-0.05, 0) is 103 Å². The Kier molecular flexibility index (Phi) is 3.55. The van der Waals surface area contributed by atoms with E-state index in [9.17, 15) is 0 Å². The molecule has 0 saturated heterocycles. The van der Waals surface area contributed by atoms with Crippen LogP contribution in [0.15, 0.2) is 72.8 Å². The maximum atomic E-state index is 5.83. The Labute approximate surface area is 185 Å². The number of rotatable bonds is 4. The van der Waals surface area contributed by atoms with Crippen LogP contribution in [0.4, 0.5) is 0 Å². The molecule has 0 fully saturated rings. The summed E-state index contributed by atoms with van der Waals surface area (Å²) in [5.41, 5.74) is 0. The van der Waals surface area contributed by atoms with Crippen molar-refractivity contribution >= 4 is 64.6 Å². The fourth-order valence-corrected chi connectivity index (χ4v) is 5.78. The first-order valence-corrected chi connectivity index (χ1v) is 11.4. The molecular weight excluding hydrogens is 392 g/mol. The van der Waals surface area contributed by atoms with Crippen LogP contribution in [0.25, 0.3) is 64.6 Å². The lowest BCUT2D eigenvalue weighted by Crippen LogP contribution is -1.90. The Morgan fingerprint density at radius 2 is 0.812 bits per heavy atom. The second kappa shape index (κ2) is 6.37. The molecule has 32 heavy (non-hydrogen) atoms. The normalized spacial score (nSPS) is 12.3. The van der Waals surface area contributed by atoms with Crippen molar-refractivity contribution in [3.05, 3.63) is 72.8 Å². The smallest absolute Gasteiger partial charge is 0.119 e. The van der Waals surface area contributed by atoms with Gasteiger partial charge in [-0.25, -0.2) is 0 Å². The number of fused-ring (bicyclic) bond motifs is 8. The standard InChI is InChI=1S/C30H22O2/c1-3-31-17-11-13-21-25(15-17)19-7-5-9-23-27(19)29(21)24-10-6-8-20-26-16-18(32-4-2)12-14-22(26)30(23)28(20)24/h5-16H,3-4H2,1-2H3. The van der Waals surface area contributed by atoms with Crippen LogP contribution >= 0.6 is 0 Å². The summed E-state index contributed by atoms with van der Waals surface area (Å²) in [4.78, 5) is 0. The lowest BCUT2D eigenvalue weighted by molar-refractivity contribution is 0.340. The van der Waals surface area contributed by atoms with E-state index < -0.39 is 0 Å². The summed E-state index contributed by atoms with van der Waals surface area (Å²) < 4.78 is 11.7. The monoisotopic (exact) mass is 414 g/mol. The molecule has 0 radical (unpaired) electrons. The quantitative estimate of drug-likeness (QED) is 0.270. The molecule has 2 heteroatoms. The third-order valence-corrected chi connectivity index (χ3v) is 6.89. The molecule has 0 aromatic heterocycles. The van der Waals surface area contributed by atoms with Gasteiger partial charge in [-0.1, -0.05) is 48.5 Å². The molecule has 0 saturated carbocycles. The maximum Gasteiger partial charge on any atom is 0.119 e. The van der Waals surface area contributed by atoms with E-state index in [1.165, 1.54) is 64.6 Å². The van der Waals surface area contributed by atoms with Gasteiger partial charge in [0.2, 0.25) is 0 Å². The van der Waals surface area contributed by atoms with E-state index in [4.69, 9.17) is 9.47 Å². The molecule has 2 nitrogen and oxygen atoms in total. The minimum absolute atomic E-state index is 0.674. The van der Waals surface area contributed by atoms with Crippen LogP contribution in [0, 0.1) is 0 Å². The predicted molar refractivity (Wildman–Crippen MR) is 136 cm³/mol. The van der Waals surface area contributed by atoms with E-state index in [1.807, 2.05) is 13.8 Å². The van der Waals surface area contributed by atoms with Gasteiger partial charge < -0.3 is 9.47 Å². The van der Waals surface area contributed by atoms with Crippen molar-refractivity contribution in [2.75, 3.05) is 13.2 Å². The molecule has 154 valence electrons. The van der Waals surface area contributed by atoms with Crippen molar-refractivity contribution < 1.29 is 9.47 Å². The first-order chi connectivity index (χ1) is 15.8. The molecule has 0 amide bonds. The highest BCUT2D eigenvalue weighted by molar-refractivity contribution is 6.47. The summed E-state index contributed by atoms with van der Waals surface area (Å²) in [5, 5.41) is 15.8. The van der Waals surface area contributed by atoms with Gasteiger partial charge in [0, 0.05) is 0 Å². The van der Waals surface area contributed by atoms with E-state index in [-0.39, 0.29) is 0 Å². The van der Waals surface area contributed by atoms with E-state index in [0.29, 0.717) is 13.2 Å². The summed E-state index contributed by atoms with van der Waals surface area (Å²) >= 11 is 0. The molecule has 0 aliphatic rings. The number of benzene rings is 5. The van der Waals surface area contributed by atoms with Gasteiger partial charge in [-0.15, -0.1) is 0 Å². The first-order valence-electron chi connectivity index (χ1n) is 11.4. The minimum atomic E-state index is 0.674. The lowest BCUT2D eigenvalue weighted by Gasteiger charge is -2.07. The Morgan fingerprint density at radius 1 is 0.438 bits per heavy atom. The van der Waals surface area contributed by atoms with Crippen LogP contribution in [-0.4, -0.2) is 13.2 Å². The molecule has 0 aliphatic carbocycles. The second-order valence-corrected chi connectivity index (χ2v) is 8.49. The summed E-state index contributed by atoms with van der Waals surface area (Å²) in [6, 6.07) is 26.6. The van der Waals surface area contributed by atoms with Gasteiger partial charge in [0.1, 0.15) is 11.5 Å². The lowest BCUT2D eigenvalue weighted by atomic mass is 9.95. The third kappa shape index (κ3) is 2.14. The second-order valence-electron chi connectivity index (χ2n) is 8.49. The van der Waals surface area contributed by atoms with Crippen LogP contribution in [0.3, 0.4) is 0 Å². The molecule has 0 unspecified atom stereocenters. The maximum absolute atomic E-state index is 5.83. The summed E-state index contributed by atoms with van der Waals surface area (Å²) in [7, 11) is 0. The van der Waals surface area contributed by atoms with Gasteiger partial charge >= 0.3 is 0 Å². The SMILES string of the molecule is CCOc1ccc2c(c1)c1cccc3c1c2c1cccc2c4cc(OCC)ccc4c3c21. The van der Waals surface area contributed by atoms with Crippen molar-refractivity contribution in [3.8, 4) is 11.5 Å². The van der Waals surface area contributed by atoms with Crippen molar-refractivity contribution in [1.82, 2.24) is 0 Å². The first kappa shape index (κ1) is 17.9. The van der Waals surface area contributed by atoms with Crippen LogP contribution in [-0.2, 0) is 0 Å². The molecule has 0 spiro atoms. The minimum Gasteiger partial charge on any atom is -0.494 e. The molecule has 0 aliphatic heterocycles. The van der Waals surface area contributed by atoms with Crippen molar-refractivity contribution in [3.63, 3.8) is 0 Å². The predicted octanol–water partition coefficient (Wildman–Crippen LogP) is 8.28. The number of hydrogen-bond donors (Lipinski definition) is 0. The Balaban J connectivity index is 1.75. The zero-order valence-electron chi connectivity index (χ0n) is 18.2. The van der Waals surface area contributed by atoms with Crippen LogP contribution in [0.5, 0.6) is 11.5 Å². The van der Waals surface area contributed by atoms with Crippen LogP contribution in [0.1, 0.15) is 13.8 Å². The van der Waals surface area contributed by atoms with Gasteiger partial charge in [-0.2, -0.15) is 0 Å². The summed E-state index contributed by atoms with van der Waals surface area (Å²) in [5.74, 6) is 1.87. The average Bonchev–Trinajstić information content (AvgIpc) is 3.33. The van der Waals surface area contributed by atoms with Gasteiger partial charge in [0.25, 0.3) is 0 Å². The van der Waals surface area contributed by atoms with Crippen LogP contribution < -0.4 is 9.47 Å². The van der Waals surface area contributed by atoms with E-state index in [0.717, 1.165) is 11.5 Å². The Bertz CT molecular complexity index is 1660. The molecular formula is C30H22O2. The highest BCUT2D eigenvalue weighted by atomic mass is 16.5. The fourth-order valence-electron chi connectivity index (χ4n) is 5.78. The van der Waals surface area contributed by atoms with Gasteiger partial charge in [0.15, 0.2) is 0 Å². The molecule has 0 heterocycles. The van der Waals surface area contributed by atoms with Crippen molar-refractivity contribution in [2.24, 2.45) is 0 Å². The van der Waals surface area contributed by atoms with E-state index in [2.05, 4.69) is 72.8 Å². The average molecular weight is 415 g/mol. The number of ether oxygens (including phenoxy) is 2. The summed E-state index contributed by atoms with van der Waals surface area (Å²) in [6.45, 7) is 5.41. The summed E-state index contributed by atoms with van der Waals surface area (Å²) in [6.07, 6.45) is 0. The van der Waals surface area contributed by atoms with Crippen molar-refractivity contribution in [2.45, 2.75) is 13.8 Å². The van der Waals surface area contributed by atoms with Gasteiger partial charge in [0.05, 0.1) is 13.2 Å². The van der Waals surface area contributed by atoms with Crippen molar-refractivity contribution in [1.29, 1.82) is 0 Å². The molecule has 0 bridgehead atoms. The van der Waals surface area contributed by atoms with E-state index in [1.54, 1.807) is 0 Å². The highest BCUT2D eigenvalue weighted by Gasteiger charge is 2.21. The molecule has 7 aromatic carbocycles. The Hall–Kier alpha value is -3.78. The zero-order valence-corrected chi connectivity index (χ0v) is 18.2. The fraction of sp³-hybridized carbons (Fsp3) is 0.133. The third-order valence-electron chi connectivity index (χ3n) is 6.89. The highest BCUT2D eigenvalue weighted by Crippen LogP contribution is 2.50. The zero-order chi connectivity index (χ0) is 21.4.